The molecule has 0 saturated heterocycles. The summed E-state index contributed by atoms with van der Waals surface area (Å²) in [6.45, 7) is 2.80. The van der Waals surface area contributed by atoms with E-state index < -0.39 is 0 Å². The molecule has 0 atom stereocenters. The Morgan fingerprint density at radius 1 is 1.42 bits per heavy atom. The van der Waals surface area contributed by atoms with Crippen LogP contribution in [0.4, 0.5) is 4.39 Å². The first-order chi connectivity index (χ1) is 9.19. The van der Waals surface area contributed by atoms with Gasteiger partial charge in [0.15, 0.2) is 0 Å². The van der Waals surface area contributed by atoms with Crippen molar-refractivity contribution in [3.8, 4) is 5.75 Å². The van der Waals surface area contributed by atoms with Crippen LogP contribution < -0.4 is 10.1 Å². The van der Waals surface area contributed by atoms with Crippen molar-refractivity contribution in [1.29, 1.82) is 0 Å². The van der Waals surface area contributed by atoms with Gasteiger partial charge in [-0.05, 0) is 30.5 Å². The third-order valence-electron chi connectivity index (χ3n) is 2.42. The fourth-order valence-corrected chi connectivity index (χ4v) is 2.35. The second kappa shape index (κ2) is 6.33. The smallest absolute Gasteiger partial charge is 0.261 e. The Labute approximate surface area is 115 Å². The van der Waals surface area contributed by atoms with Crippen LogP contribution in [0.1, 0.15) is 22.2 Å². The molecule has 0 aliphatic carbocycles. The Morgan fingerprint density at radius 3 is 3.00 bits per heavy atom. The van der Waals surface area contributed by atoms with Crippen molar-refractivity contribution in [3.05, 3.63) is 52.0 Å². The lowest BCUT2D eigenvalue weighted by Gasteiger charge is -2.04. The van der Waals surface area contributed by atoms with E-state index in [4.69, 9.17) is 4.74 Å². The molecule has 19 heavy (non-hydrogen) atoms. The van der Waals surface area contributed by atoms with Crippen molar-refractivity contribution in [2.75, 3.05) is 6.54 Å². The number of ether oxygens (including phenoxy) is 1. The molecule has 0 aliphatic heterocycles. The minimum Gasteiger partial charge on any atom is -0.489 e. The highest BCUT2D eigenvalue weighted by Crippen LogP contribution is 2.18. The number of thiophene rings is 1. The second-order valence-corrected chi connectivity index (χ2v) is 4.84. The van der Waals surface area contributed by atoms with Gasteiger partial charge in [-0.1, -0.05) is 6.07 Å². The largest absolute Gasteiger partial charge is 0.489 e. The van der Waals surface area contributed by atoms with Gasteiger partial charge in [0.25, 0.3) is 5.91 Å². The van der Waals surface area contributed by atoms with Crippen LogP contribution in [-0.4, -0.2) is 12.5 Å². The molecular formula is C14H14FNO2S. The van der Waals surface area contributed by atoms with E-state index in [1.165, 1.54) is 23.5 Å². The number of rotatable bonds is 5. The highest BCUT2D eigenvalue weighted by molar-refractivity contribution is 7.12. The third kappa shape index (κ3) is 3.79. The van der Waals surface area contributed by atoms with Crippen molar-refractivity contribution < 1.29 is 13.9 Å². The van der Waals surface area contributed by atoms with Crippen LogP contribution in [0.15, 0.2) is 35.7 Å². The Bertz CT molecular complexity index is 568. The minimum absolute atomic E-state index is 0.0792. The van der Waals surface area contributed by atoms with Gasteiger partial charge in [-0.15, -0.1) is 11.3 Å². The number of carbonyl (C=O) groups excluding carboxylic acids is 1. The molecule has 1 N–H and O–H groups in total. The van der Waals surface area contributed by atoms with E-state index in [2.05, 4.69) is 5.32 Å². The van der Waals surface area contributed by atoms with Crippen LogP contribution in [0.3, 0.4) is 0 Å². The molecule has 0 unspecified atom stereocenters. The average Bonchev–Trinajstić information content (AvgIpc) is 2.86. The highest BCUT2D eigenvalue weighted by Gasteiger charge is 2.08. The van der Waals surface area contributed by atoms with Crippen LogP contribution in [0.25, 0.3) is 0 Å². The third-order valence-corrected chi connectivity index (χ3v) is 3.39. The van der Waals surface area contributed by atoms with Crippen LogP contribution >= 0.6 is 11.3 Å². The van der Waals surface area contributed by atoms with E-state index >= 15 is 0 Å². The van der Waals surface area contributed by atoms with Crippen LogP contribution in [0.2, 0.25) is 0 Å². The van der Waals surface area contributed by atoms with Crippen molar-refractivity contribution in [2.45, 2.75) is 13.5 Å². The lowest BCUT2D eigenvalue weighted by molar-refractivity contribution is 0.0960. The van der Waals surface area contributed by atoms with Gasteiger partial charge in [-0.3, -0.25) is 4.79 Å². The van der Waals surface area contributed by atoms with Gasteiger partial charge in [0.2, 0.25) is 0 Å². The molecule has 1 amide bonds. The average molecular weight is 279 g/mol. The molecule has 0 bridgehead atoms. The summed E-state index contributed by atoms with van der Waals surface area (Å²) in [4.78, 5) is 12.2. The van der Waals surface area contributed by atoms with Crippen LogP contribution in [-0.2, 0) is 6.61 Å². The zero-order valence-electron chi connectivity index (χ0n) is 10.5. The van der Waals surface area contributed by atoms with Gasteiger partial charge in [0, 0.05) is 18.2 Å². The van der Waals surface area contributed by atoms with Crippen LogP contribution in [0, 0.1) is 5.82 Å². The topological polar surface area (TPSA) is 38.3 Å². The standard InChI is InChI=1S/C14H14FNO2S/c1-2-16-14(17)13-6-10(9-19-13)8-18-12-5-3-4-11(15)7-12/h3-7,9H,2,8H2,1H3,(H,16,17). The first-order valence-corrected chi connectivity index (χ1v) is 6.81. The van der Waals surface area contributed by atoms with Gasteiger partial charge in [0.05, 0.1) is 4.88 Å². The maximum Gasteiger partial charge on any atom is 0.261 e. The molecule has 5 heteroatoms. The lowest BCUT2D eigenvalue weighted by Crippen LogP contribution is -2.21. The molecule has 0 radical (unpaired) electrons. The maximum atomic E-state index is 13.0. The zero-order valence-corrected chi connectivity index (χ0v) is 11.3. The molecule has 0 aliphatic rings. The summed E-state index contributed by atoms with van der Waals surface area (Å²) in [7, 11) is 0. The molecule has 1 heterocycles. The van der Waals surface area contributed by atoms with E-state index in [1.54, 1.807) is 18.2 Å². The molecule has 0 saturated carbocycles. The highest BCUT2D eigenvalue weighted by atomic mass is 32.1. The zero-order chi connectivity index (χ0) is 13.7. The minimum atomic E-state index is -0.328. The predicted octanol–water partition coefficient (Wildman–Crippen LogP) is 3.22. The molecule has 1 aromatic heterocycles. The SMILES string of the molecule is CCNC(=O)c1cc(COc2cccc(F)c2)cs1. The van der Waals surface area contributed by atoms with Crippen LogP contribution in [0.5, 0.6) is 5.75 Å². The van der Waals surface area contributed by atoms with Gasteiger partial charge in [-0.2, -0.15) is 0 Å². The van der Waals surface area contributed by atoms with Crippen molar-refractivity contribution in [3.63, 3.8) is 0 Å². The summed E-state index contributed by atoms with van der Waals surface area (Å²) >= 11 is 1.37. The maximum absolute atomic E-state index is 13.0. The molecule has 0 fully saturated rings. The second-order valence-electron chi connectivity index (χ2n) is 3.92. The van der Waals surface area contributed by atoms with Crippen molar-refractivity contribution in [1.82, 2.24) is 5.32 Å². The quantitative estimate of drug-likeness (QED) is 0.912. The number of halogens is 1. The summed E-state index contributed by atoms with van der Waals surface area (Å²) in [6.07, 6.45) is 0. The van der Waals surface area contributed by atoms with E-state index in [1.807, 2.05) is 12.3 Å². The summed E-state index contributed by atoms with van der Waals surface area (Å²) in [5.41, 5.74) is 0.899. The monoisotopic (exact) mass is 279 g/mol. The van der Waals surface area contributed by atoms with E-state index in [9.17, 15) is 9.18 Å². The normalized spacial score (nSPS) is 10.2. The summed E-state index contributed by atoms with van der Waals surface area (Å²) in [5.74, 6) is 0.0705. The van der Waals surface area contributed by atoms with Crippen molar-refractivity contribution >= 4 is 17.2 Å². The predicted molar refractivity (Wildman–Crippen MR) is 73.1 cm³/mol. The molecule has 2 aromatic rings. The first kappa shape index (κ1) is 13.5. The van der Waals surface area contributed by atoms with Gasteiger partial charge < -0.3 is 10.1 Å². The molecule has 1 aromatic carbocycles. The Balaban J connectivity index is 1.95. The van der Waals surface area contributed by atoms with E-state index in [-0.39, 0.29) is 11.7 Å². The number of hydrogen-bond acceptors (Lipinski definition) is 3. The molecule has 100 valence electrons. The number of benzene rings is 1. The number of nitrogens with one attached hydrogen (secondary N) is 1. The number of amides is 1. The summed E-state index contributed by atoms with van der Waals surface area (Å²) in [5, 5.41) is 4.60. The molecule has 3 nitrogen and oxygen atoms in total. The van der Waals surface area contributed by atoms with E-state index in [0.29, 0.717) is 23.8 Å². The Morgan fingerprint density at radius 2 is 2.26 bits per heavy atom. The van der Waals surface area contributed by atoms with Gasteiger partial charge >= 0.3 is 0 Å². The Kier molecular flexibility index (Phi) is 4.52. The number of hydrogen-bond donors (Lipinski definition) is 1. The van der Waals surface area contributed by atoms with E-state index in [0.717, 1.165) is 5.56 Å². The number of carbonyl (C=O) groups is 1. The molecule has 2 rings (SSSR count). The summed E-state index contributed by atoms with van der Waals surface area (Å²) in [6, 6.07) is 7.77. The molecular weight excluding hydrogens is 265 g/mol. The van der Waals surface area contributed by atoms with Crippen molar-refractivity contribution in [2.24, 2.45) is 0 Å². The first-order valence-electron chi connectivity index (χ1n) is 5.93. The molecule has 0 spiro atoms. The fourth-order valence-electron chi connectivity index (χ4n) is 1.54. The Hall–Kier alpha value is -1.88. The lowest BCUT2D eigenvalue weighted by atomic mass is 10.3. The fraction of sp³-hybridized carbons (Fsp3) is 0.214. The van der Waals surface area contributed by atoms with Gasteiger partial charge in [0.1, 0.15) is 18.2 Å². The summed E-state index contributed by atoms with van der Waals surface area (Å²) < 4.78 is 18.4. The van der Waals surface area contributed by atoms with Gasteiger partial charge in [-0.25, -0.2) is 4.39 Å².